The van der Waals surface area contributed by atoms with Crippen LogP contribution in [0.2, 0.25) is 0 Å². The first-order valence-electron chi connectivity index (χ1n) is 10.5. The zero-order valence-corrected chi connectivity index (χ0v) is 19.4. The van der Waals surface area contributed by atoms with Gasteiger partial charge in [0.2, 0.25) is 10.0 Å². The summed E-state index contributed by atoms with van der Waals surface area (Å²) >= 11 is 0. The molecule has 0 aliphatic heterocycles. The molecule has 0 saturated carbocycles. The van der Waals surface area contributed by atoms with Crippen LogP contribution >= 0.6 is 0 Å². The van der Waals surface area contributed by atoms with Gasteiger partial charge in [-0.25, -0.2) is 8.42 Å². The molecule has 6 nitrogen and oxygen atoms in total. The van der Waals surface area contributed by atoms with Gasteiger partial charge in [0.15, 0.2) is 0 Å². The van der Waals surface area contributed by atoms with E-state index in [-0.39, 0.29) is 16.8 Å². The summed E-state index contributed by atoms with van der Waals surface area (Å²) in [5.41, 5.74) is 2.54. The molecule has 30 heavy (non-hydrogen) atoms. The van der Waals surface area contributed by atoms with Gasteiger partial charge >= 0.3 is 0 Å². The molecule has 0 aromatic heterocycles. The third-order valence-electron chi connectivity index (χ3n) is 5.33. The van der Waals surface area contributed by atoms with Crippen molar-refractivity contribution in [2.45, 2.75) is 45.6 Å². The lowest BCUT2D eigenvalue weighted by Gasteiger charge is -2.21. The van der Waals surface area contributed by atoms with Gasteiger partial charge in [0, 0.05) is 37.4 Å². The number of nitrogens with one attached hydrogen (secondary N) is 1. The van der Waals surface area contributed by atoms with Gasteiger partial charge in [-0.1, -0.05) is 26.0 Å². The van der Waals surface area contributed by atoms with Crippen LogP contribution in [0.1, 0.15) is 56.6 Å². The normalized spacial score (nSPS) is 12.6. The summed E-state index contributed by atoms with van der Waals surface area (Å²) in [6.45, 7) is 12.4. The molecule has 7 heteroatoms. The molecule has 0 bridgehead atoms. The highest BCUT2D eigenvalue weighted by Gasteiger charge is 2.21. The fraction of sp³-hybridized carbons (Fsp3) is 0.435. The third kappa shape index (κ3) is 5.40. The molecule has 0 heterocycles. The molecule has 0 fully saturated rings. The zero-order chi connectivity index (χ0) is 22.3. The molecule has 1 atom stereocenters. The van der Waals surface area contributed by atoms with Crippen molar-refractivity contribution in [2.75, 3.05) is 31.1 Å². The Hall–Kier alpha value is -2.38. The van der Waals surface area contributed by atoms with Crippen LogP contribution < -0.4 is 10.2 Å². The Morgan fingerprint density at radius 3 is 1.87 bits per heavy atom. The summed E-state index contributed by atoms with van der Waals surface area (Å²) in [4.78, 5) is 15.1. The number of rotatable bonds is 10. The van der Waals surface area contributed by atoms with Gasteiger partial charge in [-0.05, 0) is 62.7 Å². The molecule has 2 rings (SSSR count). The number of hydrogen-bond donors (Lipinski definition) is 1. The van der Waals surface area contributed by atoms with Crippen LogP contribution in [0.5, 0.6) is 0 Å². The van der Waals surface area contributed by atoms with Gasteiger partial charge in [-0.2, -0.15) is 4.31 Å². The summed E-state index contributed by atoms with van der Waals surface area (Å²) in [5.74, 6) is -0.159. The summed E-state index contributed by atoms with van der Waals surface area (Å²) in [6, 6.07) is 14.0. The van der Waals surface area contributed by atoms with Gasteiger partial charge in [0.05, 0.1) is 10.9 Å². The Labute approximate surface area is 180 Å². The minimum absolute atomic E-state index is 0.159. The predicted octanol–water partition coefficient (Wildman–Crippen LogP) is 4.05. The van der Waals surface area contributed by atoms with Crippen LogP contribution in [0.25, 0.3) is 0 Å². The van der Waals surface area contributed by atoms with Crippen molar-refractivity contribution in [2.24, 2.45) is 0 Å². The number of benzene rings is 2. The standard InChI is InChI=1S/C23H33N3O3S/c1-6-25(7-2)21-14-10-20(11-15-21)23(27)24-18(5)19-12-16-22(17-13-19)30(28,29)26(8-3)9-4/h10-18H,6-9H2,1-5H3,(H,24,27). The molecule has 164 valence electrons. The lowest BCUT2D eigenvalue weighted by Crippen LogP contribution is -2.30. The molecular weight excluding hydrogens is 398 g/mol. The number of carbonyl (C=O) groups excluding carboxylic acids is 1. The van der Waals surface area contributed by atoms with Crippen molar-refractivity contribution >= 4 is 21.6 Å². The van der Waals surface area contributed by atoms with Gasteiger partial charge in [0.1, 0.15) is 0 Å². The quantitative estimate of drug-likeness (QED) is 0.616. The van der Waals surface area contributed by atoms with E-state index in [1.165, 1.54) is 4.31 Å². The van der Waals surface area contributed by atoms with Gasteiger partial charge in [-0.3, -0.25) is 4.79 Å². The van der Waals surface area contributed by atoms with E-state index in [0.717, 1.165) is 24.3 Å². The van der Waals surface area contributed by atoms with E-state index < -0.39 is 10.0 Å². The Balaban J connectivity index is 2.09. The monoisotopic (exact) mass is 431 g/mol. The zero-order valence-electron chi connectivity index (χ0n) is 18.6. The molecule has 0 aliphatic carbocycles. The van der Waals surface area contributed by atoms with Crippen LogP contribution in [-0.2, 0) is 10.0 Å². The summed E-state index contributed by atoms with van der Waals surface area (Å²) in [5, 5.41) is 2.98. The average Bonchev–Trinajstić information content (AvgIpc) is 2.75. The molecule has 1 N–H and O–H groups in total. The Kier molecular flexibility index (Phi) is 8.43. The average molecular weight is 432 g/mol. The molecular formula is C23H33N3O3S. The van der Waals surface area contributed by atoms with Gasteiger partial charge in [-0.15, -0.1) is 0 Å². The number of hydrogen-bond acceptors (Lipinski definition) is 4. The molecule has 0 radical (unpaired) electrons. The fourth-order valence-electron chi connectivity index (χ4n) is 3.42. The molecule has 2 aromatic rings. The molecule has 0 saturated heterocycles. The minimum atomic E-state index is -3.48. The van der Waals surface area contributed by atoms with E-state index in [2.05, 4.69) is 24.1 Å². The number of amides is 1. The Morgan fingerprint density at radius 2 is 1.40 bits per heavy atom. The molecule has 0 aliphatic rings. The van der Waals surface area contributed by atoms with Crippen molar-refractivity contribution < 1.29 is 13.2 Å². The number of sulfonamides is 1. The van der Waals surface area contributed by atoms with Crippen molar-refractivity contribution in [1.82, 2.24) is 9.62 Å². The van der Waals surface area contributed by atoms with Crippen LogP contribution in [-0.4, -0.2) is 44.8 Å². The SMILES string of the molecule is CCN(CC)c1ccc(C(=O)NC(C)c2ccc(S(=O)(=O)N(CC)CC)cc2)cc1. The van der Waals surface area contributed by atoms with Crippen molar-refractivity contribution in [3.05, 3.63) is 59.7 Å². The van der Waals surface area contributed by atoms with Crippen LogP contribution in [0.15, 0.2) is 53.4 Å². The maximum absolute atomic E-state index is 12.6. The van der Waals surface area contributed by atoms with Crippen LogP contribution in [0.3, 0.4) is 0 Å². The first-order chi connectivity index (χ1) is 14.3. The largest absolute Gasteiger partial charge is 0.372 e. The number of anilines is 1. The summed E-state index contributed by atoms with van der Waals surface area (Å²) in [7, 11) is -3.48. The van der Waals surface area contributed by atoms with Crippen molar-refractivity contribution in [3.63, 3.8) is 0 Å². The Morgan fingerprint density at radius 1 is 0.867 bits per heavy atom. The lowest BCUT2D eigenvalue weighted by molar-refractivity contribution is 0.0940. The second kappa shape index (κ2) is 10.6. The summed E-state index contributed by atoms with van der Waals surface area (Å²) < 4.78 is 26.6. The van der Waals surface area contributed by atoms with Crippen molar-refractivity contribution in [1.29, 1.82) is 0 Å². The molecule has 1 unspecified atom stereocenters. The van der Waals surface area contributed by atoms with Crippen molar-refractivity contribution in [3.8, 4) is 0 Å². The first kappa shape index (κ1) is 23.9. The van der Waals surface area contributed by atoms with Gasteiger partial charge < -0.3 is 10.2 Å². The van der Waals surface area contributed by atoms with E-state index in [9.17, 15) is 13.2 Å². The highest BCUT2D eigenvalue weighted by atomic mass is 32.2. The lowest BCUT2D eigenvalue weighted by atomic mass is 10.1. The number of nitrogens with zero attached hydrogens (tertiary/aromatic N) is 2. The maximum atomic E-state index is 12.6. The van der Waals surface area contributed by atoms with Crippen LogP contribution in [0, 0.1) is 0 Å². The second-order valence-electron chi connectivity index (χ2n) is 7.07. The topological polar surface area (TPSA) is 69.7 Å². The second-order valence-corrected chi connectivity index (χ2v) is 9.01. The van der Waals surface area contributed by atoms with Crippen LogP contribution in [0.4, 0.5) is 5.69 Å². The highest BCUT2D eigenvalue weighted by Crippen LogP contribution is 2.20. The Bertz CT molecular complexity index is 917. The fourth-order valence-corrected chi connectivity index (χ4v) is 4.87. The number of carbonyl (C=O) groups is 1. The smallest absolute Gasteiger partial charge is 0.251 e. The maximum Gasteiger partial charge on any atom is 0.251 e. The van der Waals surface area contributed by atoms with E-state index >= 15 is 0 Å². The van der Waals surface area contributed by atoms with E-state index in [1.807, 2.05) is 45.0 Å². The highest BCUT2D eigenvalue weighted by molar-refractivity contribution is 7.89. The van der Waals surface area contributed by atoms with E-state index in [4.69, 9.17) is 0 Å². The molecule has 0 spiro atoms. The molecule has 2 aromatic carbocycles. The van der Waals surface area contributed by atoms with Gasteiger partial charge in [0.25, 0.3) is 5.91 Å². The first-order valence-corrected chi connectivity index (χ1v) is 12.0. The summed E-state index contributed by atoms with van der Waals surface area (Å²) in [6.07, 6.45) is 0. The minimum Gasteiger partial charge on any atom is -0.372 e. The predicted molar refractivity (Wildman–Crippen MR) is 122 cm³/mol. The van der Waals surface area contributed by atoms with E-state index in [0.29, 0.717) is 18.7 Å². The molecule has 1 amide bonds. The third-order valence-corrected chi connectivity index (χ3v) is 7.39. The van der Waals surface area contributed by atoms with E-state index in [1.54, 1.807) is 24.3 Å².